The lowest BCUT2D eigenvalue weighted by molar-refractivity contribution is -0.356. The molecular formula is C61H113NO24. The van der Waals surface area contributed by atoms with Crippen LogP contribution in [0.2, 0.25) is 0 Å². The third kappa shape index (κ3) is 23.4. The van der Waals surface area contributed by atoms with Crippen LogP contribution in [-0.4, -0.2) is 253 Å². The van der Waals surface area contributed by atoms with E-state index in [-0.39, 0.29) is 36.7 Å². The SMILES string of the molecule is CCCCCCCCCC(O)CC1(O)OC(CC(O)C(O)C(O)C(O)C(O)CC(O)CC(O)CC(O)C(C)C(O)C(C)C(O)CC(O)C(C)C(O)C(C)C(O)C(C)C(O)C(O)CC(C)CC(C)C=C(C)C(O)=C2C(=O)NC(C)C2=O)C(O)C(O)C1O. The summed E-state index contributed by atoms with van der Waals surface area (Å²) in [5, 5.41) is 231. The van der Waals surface area contributed by atoms with E-state index in [4.69, 9.17) is 4.74 Å². The van der Waals surface area contributed by atoms with Crippen LogP contribution < -0.4 is 5.32 Å². The molecule has 0 aromatic heterocycles. The number of carbonyl (C=O) groups is 2. The number of amides is 1. The molecule has 0 aliphatic carbocycles. The molecule has 86 heavy (non-hydrogen) atoms. The van der Waals surface area contributed by atoms with E-state index >= 15 is 0 Å². The minimum absolute atomic E-state index is 0.111. The molecule has 1 amide bonds. The van der Waals surface area contributed by atoms with Gasteiger partial charge >= 0.3 is 0 Å². The highest BCUT2D eigenvalue weighted by atomic mass is 16.7. The molecule has 0 bridgehead atoms. The Balaban J connectivity index is 1.88. The van der Waals surface area contributed by atoms with Gasteiger partial charge in [-0.1, -0.05) is 106 Å². The van der Waals surface area contributed by atoms with Gasteiger partial charge in [0.1, 0.15) is 48.0 Å². The number of aliphatic hydroxyl groups is 21. The minimum Gasteiger partial charge on any atom is -0.507 e. The zero-order chi connectivity index (χ0) is 66.0. The molecule has 2 aliphatic heterocycles. The standard InChI is InChI=1S/C61H113NO24/c1-11-12-13-14-15-16-17-18-37(63)27-61(85)59(83)58(82)56(80)46(86-61)26-45(71)55(79)57(81)54(78)44(70)24-39(65)22-38(64)23-40(66)31(5)49(73)32(6)41(67)25-42(68)33(7)50(74)34(8)51(75)35(9)52(76)43(69)21-29(3)19-28(2)20-30(4)48(72)47-53(77)36(10)62-60(47)84/h20,28-29,31-46,49-52,54-59,63-76,78-83,85H,11-19,21-27H2,1-10H3,(H,62,84). The molecule has 2 saturated heterocycles. The summed E-state index contributed by atoms with van der Waals surface area (Å²) in [6, 6.07) is -0.745. The number of rotatable bonds is 41. The fraction of sp³-hybridized carbons (Fsp3) is 0.902. The summed E-state index contributed by atoms with van der Waals surface area (Å²) in [7, 11) is 0. The van der Waals surface area contributed by atoms with Gasteiger partial charge in [0.2, 0.25) is 0 Å². The van der Waals surface area contributed by atoms with Crippen molar-refractivity contribution in [3.05, 3.63) is 23.0 Å². The van der Waals surface area contributed by atoms with E-state index in [0.29, 0.717) is 18.4 Å². The summed E-state index contributed by atoms with van der Waals surface area (Å²) in [6.45, 7) is 16.2. The smallest absolute Gasteiger partial charge is 0.259 e. The molecule has 0 aromatic rings. The average Bonchev–Trinajstić information content (AvgIpc) is 1.09. The summed E-state index contributed by atoms with van der Waals surface area (Å²) in [6.07, 6.45) is -28.2. The summed E-state index contributed by atoms with van der Waals surface area (Å²) in [5.41, 5.74) is 0.0276. The van der Waals surface area contributed by atoms with Crippen LogP contribution in [-0.2, 0) is 14.3 Å². The van der Waals surface area contributed by atoms with Crippen LogP contribution in [0.5, 0.6) is 0 Å². The summed E-state index contributed by atoms with van der Waals surface area (Å²) >= 11 is 0. The predicted octanol–water partition coefficient (Wildman–Crippen LogP) is -1.51. The quantitative estimate of drug-likeness (QED) is 0.0143. The van der Waals surface area contributed by atoms with E-state index < -0.39 is 213 Å². The molecular weight excluding hydrogens is 1130 g/mol. The Labute approximate surface area is 507 Å². The number of ether oxygens (including phenoxy) is 1. The Hall–Kier alpha value is -2.42. The molecule has 25 heteroatoms. The monoisotopic (exact) mass is 1240 g/mol. The number of Topliss-reactive ketones (excluding diaryl/α,β-unsaturated/α-hetero) is 1. The highest BCUT2D eigenvalue weighted by molar-refractivity contribution is 6.27. The summed E-state index contributed by atoms with van der Waals surface area (Å²) < 4.78 is 5.50. The van der Waals surface area contributed by atoms with Crippen molar-refractivity contribution in [3.8, 4) is 0 Å². The zero-order valence-electron chi connectivity index (χ0n) is 52.2. The second-order valence-corrected chi connectivity index (χ2v) is 26.0. The van der Waals surface area contributed by atoms with E-state index in [1.807, 2.05) is 13.8 Å². The van der Waals surface area contributed by atoms with E-state index in [1.54, 1.807) is 13.0 Å². The Kier molecular flexibility index (Phi) is 34.4. The first-order valence-electron chi connectivity index (χ1n) is 31.2. The molecule has 2 heterocycles. The van der Waals surface area contributed by atoms with E-state index in [1.165, 1.54) is 41.5 Å². The van der Waals surface area contributed by atoms with Crippen LogP contribution in [0.25, 0.3) is 0 Å². The summed E-state index contributed by atoms with van der Waals surface area (Å²) in [4.78, 5) is 24.5. The van der Waals surface area contributed by atoms with Crippen LogP contribution in [0.15, 0.2) is 23.0 Å². The first kappa shape index (κ1) is 79.7. The van der Waals surface area contributed by atoms with Gasteiger partial charge < -0.3 is 117 Å². The van der Waals surface area contributed by atoms with Crippen molar-refractivity contribution in [1.29, 1.82) is 0 Å². The van der Waals surface area contributed by atoms with E-state index in [2.05, 4.69) is 12.2 Å². The lowest BCUT2D eigenvalue weighted by atomic mass is 9.77. The highest BCUT2D eigenvalue weighted by Gasteiger charge is 2.54. The number of hydrogen-bond donors (Lipinski definition) is 22. The van der Waals surface area contributed by atoms with Gasteiger partial charge in [0.15, 0.2) is 11.6 Å². The molecule has 2 rings (SSSR count). The van der Waals surface area contributed by atoms with Crippen molar-refractivity contribution in [2.24, 2.45) is 41.4 Å². The van der Waals surface area contributed by atoms with Crippen molar-refractivity contribution in [2.75, 3.05) is 0 Å². The molecule has 0 radical (unpaired) electrons. The molecule has 0 spiro atoms. The summed E-state index contributed by atoms with van der Waals surface area (Å²) in [5.74, 6) is -9.46. The van der Waals surface area contributed by atoms with Crippen molar-refractivity contribution in [1.82, 2.24) is 5.32 Å². The third-order valence-electron chi connectivity index (χ3n) is 18.3. The first-order valence-corrected chi connectivity index (χ1v) is 31.2. The zero-order valence-corrected chi connectivity index (χ0v) is 52.2. The van der Waals surface area contributed by atoms with Gasteiger partial charge in [0.05, 0.1) is 91.5 Å². The van der Waals surface area contributed by atoms with Crippen molar-refractivity contribution >= 4 is 11.7 Å². The normalized spacial score (nSPS) is 29.5. The number of ketones is 1. The van der Waals surface area contributed by atoms with Gasteiger partial charge in [-0.3, -0.25) is 9.59 Å². The van der Waals surface area contributed by atoms with Gasteiger partial charge in [-0.15, -0.1) is 0 Å². The maximum atomic E-state index is 12.4. The highest BCUT2D eigenvalue weighted by Crippen LogP contribution is 2.36. The van der Waals surface area contributed by atoms with Crippen LogP contribution in [0, 0.1) is 41.4 Å². The van der Waals surface area contributed by atoms with Gasteiger partial charge in [-0.05, 0) is 69.8 Å². The fourth-order valence-corrected chi connectivity index (χ4v) is 12.2. The largest absolute Gasteiger partial charge is 0.507 e. The van der Waals surface area contributed by atoms with E-state index in [0.717, 1.165) is 38.5 Å². The van der Waals surface area contributed by atoms with Gasteiger partial charge in [0, 0.05) is 48.9 Å². The molecule has 25 nitrogen and oxygen atoms in total. The average molecular weight is 1240 g/mol. The Morgan fingerprint density at radius 3 is 1.51 bits per heavy atom. The van der Waals surface area contributed by atoms with Crippen molar-refractivity contribution in [3.63, 3.8) is 0 Å². The number of allylic oxidation sites excluding steroid dienone is 2. The first-order chi connectivity index (χ1) is 39.8. The number of unbranched alkanes of at least 4 members (excludes halogenated alkanes) is 6. The van der Waals surface area contributed by atoms with Crippen molar-refractivity contribution in [2.45, 2.75) is 306 Å². The molecule has 22 N–H and O–H groups in total. The van der Waals surface area contributed by atoms with E-state index in [9.17, 15) is 117 Å². The van der Waals surface area contributed by atoms with Crippen LogP contribution in [0.3, 0.4) is 0 Å². The topological polar surface area (TPSA) is 480 Å². The van der Waals surface area contributed by atoms with Gasteiger partial charge in [-0.2, -0.15) is 0 Å². The number of nitrogens with one attached hydrogen (secondary N) is 1. The predicted molar refractivity (Wildman–Crippen MR) is 314 cm³/mol. The molecule has 0 saturated carbocycles. The molecule has 0 aromatic carbocycles. The maximum absolute atomic E-state index is 12.4. The number of aliphatic hydroxyl groups excluding tert-OH is 20. The molecule has 2 fully saturated rings. The van der Waals surface area contributed by atoms with Gasteiger partial charge in [-0.25, -0.2) is 0 Å². The van der Waals surface area contributed by atoms with Crippen LogP contribution >= 0.6 is 0 Å². The fourth-order valence-electron chi connectivity index (χ4n) is 12.2. The second-order valence-electron chi connectivity index (χ2n) is 26.0. The lowest BCUT2D eigenvalue weighted by Crippen LogP contribution is -2.65. The molecule has 506 valence electrons. The Morgan fingerprint density at radius 1 is 0.535 bits per heavy atom. The Bertz CT molecular complexity index is 2040. The third-order valence-corrected chi connectivity index (χ3v) is 18.3. The molecule has 29 unspecified atom stereocenters. The number of carbonyl (C=O) groups excluding carboxylic acids is 2. The van der Waals surface area contributed by atoms with Crippen LogP contribution in [0.1, 0.15) is 172 Å². The molecule has 29 atom stereocenters. The molecule has 2 aliphatic rings. The number of hydrogen-bond acceptors (Lipinski definition) is 24. The van der Waals surface area contributed by atoms with Crippen molar-refractivity contribution < 1.29 is 122 Å². The maximum Gasteiger partial charge on any atom is 0.259 e. The Morgan fingerprint density at radius 2 is 0.988 bits per heavy atom. The second kappa shape index (κ2) is 37.2. The van der Waals surface area contributed by atoms with Crippen LogP contribution in [0.4, 0.5) is 0 Å². The lowest BCUT2D eigenvalue weighted by Gasteiger charge is -2.47. The van der Waals surface area contributed by atoms with Gasteiger partial charge in [0.25, 0.3) is 5.91 Å². The minimum atomic E-state index is -2.59.